The summed E-state index contributed by atoms with van der Waals surface area (Å²) in [6.07, 6.45) is 2.83. The number of hydrogen-bond donors (Lipinski definition) is 2. The van der Waals surface area contributed by atoms with Crippen LogP contribution in [-0.2, 0) is 6.54 Å². The molecule has 2 atom stereocenters. The molecule has 1 aromatic carbocycles. The molecule has 3 rings (SSSR count). The molecule has 1 aliphatic heterocycles. The topological polar surface area (TPSA) is 69.2 Å². The van der Waals surface area contributed by atoms with E-state index in [1.807, 2.05) is 12.1 Å². The van der Waals surface area contributed by atoms with Crippen LogP contribution >= 0.6 is 0 Å². The van der Waals surface area contributed by atoms with Crippen molar-refractivity contribution in [3.63, 3.8) is 0 Å². The molecule has 134 valence electrons. The summed E-state index contributed by atoms with van der Waals surface area (Å²) in [6, 6.07) is 8.30. The third-order valence-electron chi connectivity index (χ3n) is 4.53. The second-order valence-electron chi connectivity index (χ2n) is 7.06. The Hall–Kier alpha value is -2.37. The van der Waals surface area contributed by atoms with E-state index in [2.05, 4.69) is 58.3 Å². The van der Waals surface area contributed by atoms with Crippen molar-refractivity contribution in [1.82, 2.24) is 25.4 Å². The van der Waals surface area contributed by atoms with Crippen LogP contribution in [0.15, 0.2) is 35.6 Å². The Bertz CT molecular complexity index is 684. The fraction of sp³-hybridized carbons (Fsp3) is 0.526. The van der Waals surface area contributed by atoms with Crippen LogP contribution < -0.4 is 5.32 Å². The van der Waals surface area contributed by atoms with Gasteiger partial charge in [0.2, 0.25) is 0 Å². The molecule has 0 bridgehead atoms. The molecular formula is C19H28N6. The van der Waals surface area contributed by atoms with Gasteiger partial charge in [-0.25, -0.2) is 9.98 Å². The maximum absolute atomic E-state index is 4.88. The van der Waals surface area contributed by atoms with Crippen LogP contribution in [-0.4, -0.2) is 45.7 Å². The first-order valence-corrected chi connectivity index (χ1v) is 9.13. The van der Waals surface area contributed by atoms with Gasteiger partial charge in [0.05, 0.1) is 6.54 Å². The predicted octanol–water partition coefficient (Wildman–Crippen LogP) is 2.92. The summed E-state index contributed by atoms with van der Waals surface area (Å²) >= 11 is 0. The highest BCUT2D eigenvalue weighted by molar-refractivity contribution is 5.80. The molecule has 2 unspecified atom stereocenters. The molecule has 2 aromatic rings. The smallest absolute Gasteiger partial charge is 0.194 e. The van der Waals surface area contributed by atoms with E-state index in [4.69, 9.17) is 4.99 Å². The third kappa shape index (κ3) is 4.59. The first-order valence-electron chi connectivity index (χ1n) is 9.13. The molecule has 0 spiro atoms. The lowest BCUT2D eigenvalue weighted by Crippen LogP contribution is -2.48. The van der Waals surface area contributed by atoms with E-state index < -0.39 is 0 Å². The minimum absolute atomic E-state index is 0.656. The fourth-order valence-electron chi connectivity index (χ4n) is 3.59. The van der Waals surface area contributed by atoms with Crippen molar-refractivity contribution in [3.8, 4) is 11.4 Å². The second kappa shape index (κ2) is 8.14. The van der Waals surface area contributed by atoms with Crippen molar-refractivity contribution in [2.75, 3.05) is 19.6 Å². The largest absolute Gasteiger partial charge is 0.357 e. The van der Waals surface area contributed by atoms with Crippen molar-refractivity contribution in [2.45, 2.75) is 33.7 Å². The number of guanidine groups is 1. The molecule has 1 aromatic heterocycles. The number of aliphatic imine (C=N–C) groups is 1. The highest BCUT2D eigenvalue weighted by Gasteiger charge is 2.23. The monoisotopic (exact) mass is 340 g/mol. The summed E-state index contributed by atoms with van der Waals surface area (Å²) in [5.41, 5.74) is 2.21. The van der Waals surface area contributed by atoms with Crippen LogP contribution in [0.1, 0.15) is 32.8 Å². The van der Waals surface area contributed by atoms with Gasteiger partial charge in [-0.3, -0.25) is 5.10 Å². The van der Waals surface area contributed by atoms with E-state index in [9.17, 15) is 0 Å². The Labute approximate surface area is 149 Å². The molecule has 0 radical (unpaired) electrons. The molecule has 1 saturated heterocycles. The highest BCUT2D eigenvalue weighted by Crippen LogP contribution is 2.21. The van der Waals surface area contributed by atoms with E-state index in [0.717, 1.165) is 37.0 Å². The first kappa shape index (κ1) is 17.5. The normalized spacial score (nSPS) is 21.4. The number of hydrogen-bond acceptors (Lipinski definition) is 3. The lowest BCUT2D eigenvalue weighted by Gasteiger charge is -2.37. The van der Waals surface area contributed by atoms with Crippen molar-refractivity contribution >= 4 is 5.96 Å². The standard InChI is InChI=1S/C19H28N6/c1-4-20-19(25-11-14(2)8-15(3)12-25)21-10-16-6-5-7-17(9-16)18-22-13-23-24-18/h5-7,9,13-15H,4,8,10-12H2,1-3H3,(H,20,21)(H,22,23,24). The molecule has 0 aliphatic carbocycles. The van der Waals surface area contributed by atoms with Gasteiger partial charge in [0.1, 0.15) is 6.33 Å². The second-order valence-corrected chi connectivity index (χ2v) is 7.06. The number of piperidine rings is 1. The zero-order valence-corrected chi connectivity index (χ0v) is 15.4. The summed E-state index contributed by atoms with van der Waals surface area (Å²) < 4.78 is 0. The Balaban J connectivity index is 1.74. The van der Waals surface area contributed by atoms with Gasteiger partial charge < -0.3 is 10.2 Å². The molecule has 6 nitrogen and oxygen atoms in total. The lowest BCUT2D eigenvalue weighted by molar-refractivity contribution is 0.208. The molecule has 1 aliphatic rings. The van der Waals surface area contributed by atoms with Gasteiger partial charge in [-0.1, -0.05) is 32.0 Å². The average molecular weight is 340 g/mol. The maximum atomic E-state index is 4.88. The molecule has 25 heavy (non-hydrogen) atoms. The number of H-pyrrole nitrogens is 1. The number of rotatable bonds is 4. The van der Waals surface area contributed by atoms with Crippen molar-refractivity contribution in [1.29, 1.82) is 0 Å². The lowest BCUT2D eigenvalue weighted by atomic mass is 9.92. The Morgan fingerprint density at radius 3 is 2.80 bits per heavy atom. The SMILES string of the molecule is CCNC(=NCc1cccc(-c2ncn[nH]2)c1)N1CC(C)CC(C)C1. The van der Waals surface area contributed by atoms with Crippen LogP contribution in [0.25, 0.3) is 11.4 Å². The van der Waals surface area contributed by atoms with Crippen LogP contribution in [0.5, 0.6) is 0 Å². The summed E-state index contributed by atoms with van der Waals surface area (Å²) in [6.45, 7) is 10.5. The Kier molecular flexibility index (Phi) is 5.68. The average Bonchev–Trinajstić information content (AvgIpc) is 3.12. The summed E-state index contributed by atoms with van der Waals surface area (Å²) in [5.74, 6) is 3.23. The number of aromatic nitrogens is 3. The molecule has 2 heterocycles. The van der Waals surface area contributed by atoms with E-state index in [1.54, 1.807) is 0 Å². The minimum Gasteiger partial charge on any atom is -0.357 e. The number of likely N-dealkylation sites (tertiary alicyclic amines) is 1. The molecule has 2 N–H and O–H groups in total. The Morgan fingerprint density at radius 2 is 2.12 bits per heavy atom. The quantitative estimate of drug-likeness (QED) is 0.663. The molecule has 6 heteroatoms. The molecular weight excluding hydrogens is 312 g/mol. The minimum atomic E-state index is 0.656. The zero-order valence-electron chi connectivity index (χ0n) is 15.4. The van der Waals surface area contributed by atoms with Crippen LogP contribution in [0.4, 0.5) is 0 Å². The van der Waals surface area contributed by atoms with E-state index in [1.165, 1.54) is 18.3 Å². The Morgan fingerprint density at radius 1 is 1.32 bits per heavy atom. The molecule has 0 amide bonds. The van der Waals surface area contributed by atoms with Gasteiger partial charge in [-0.05, 0) is 36.8 Å². The molecule has 1 fully saturated rings. The summed E-state index contributed by atoms with van der Waals surface area (Å²) in [4.78, 5) is 11.5. The van der Waals surface area contributed by atoms with E-state index in [-0.39, 0.29) is 0 Å². The van der Waals surface area contributed by atoms with Gasteiger partial charge in [-0.2, -0.15) is 5.10 Å². The van der Waals surface area contributed by atoms with Gasteiger partial charge in [0, 0.05) is 25.2 Å². The number of nitrogens with one attached hydrogen (secondary N) is 2. The number of aromatic amines is 1. The van der Waals surface area contributed by atoms with E-state index in [0.29, 0.717) is 18.4 Å². The number of nitrogens with zero attached hydrogens (tertiary/aromatic N) is 4. The van der Waals surface area contributed by atoms with Gasteiger partial charge in [-0.15, -0.1) is 0 Å². The van der Waals surface area contributed by atoms with Gasteiger partial charge >= 0.3 is 0 Å². The summed E-state index contributed by atoms with van der Waals surface area (Å²) in [7, 11) is 0. The van der Waals surface area contributed by atoms with Crippen molar-refractivity contribution in [3.05, 3.63) is 36.2 Å². The predicted molar refractivity (Wildman–Crippen MR) is 101 cm³/mol. The fourth-order valence-corrected chi connectivity index (χ4v) is 3.59. The van der Waals surface area contributed by atoms with Crippen LogP contribution in [0, 0.1) is 11.8 Å². The highest BCUT2D eigenvalue weighted by atomic mass is 15.3. The maximum Gasteiger partial charge on any atom is 0.194 e. The van der Waals surface area contributed by atoms with E-state index >= 15 is 0 Å². The van der Waals surface area contributed by atoms with Crippen molar-refractivity contribution in [2.24, 2.45) is 16.8 Å². The summed E-state index contributed by atoms with van der Waals surface area (Å²) in [5, 5.41) is 10.3. The first-order chi connectivity index (χ1) is 12.2. The van der Waals surface area contributed by atoms with Crippen molar-refractivity contribution < 1.29 is 0 Å². The van der Waals surface area contributed by atoms with Gasteiger partial charge in [0.25, 0.3) is 0 Å². The third-order valence-corrected chi connectivity index (χ3v) is 4.53. The molecule has 0 saturated carbocycles. The number of benzene rings is 1. The van der Waals surface area contributed by atoms with Gasteiger partial charge in [0.15, 0.2) is 11.8 Å². The zero-order chi connectivity index (χ0) is 17.6. The van der Waals surface area contributed by atoms with Crippen LogP contribution in [0.3, 0.4) is 0 Å². The van der Waals surface area contributed by atoms with Crippen LogP contribution in [0.2, 0.25) is 0 Å².